The molecule has 15 heavy (non-hydrogen) atoms. The molecule has 2 rings (SSSR count). The summed E-state index contributed by atoms with van der Waals surface area (Å²) in [6.45, 7) is 9.23. The molecule has 2 nitrogen and oxygen atoms in total. The Hall–Kier alpha value is -0.0800. The SMILES string of the molecule is CCOC1CCC(C2CN(CC)C2)CC1. The predicted molar refractivity (Wildman–Crippen MR) is 63.0 cm³/mol. The Balaban J connectivity index is 1.66. The summed E-state index contributed by atoms with van der Waals surface area (Å²) in [5, 5.41) is 0. The van der Waals surface area contributed by atoms with Crippen LogP contribution in [0.1, 0.15) is 39.5 Å². The zero-order valence-electron chi connectivity index (χ0n) is 10.2. The van der Waals surface area contributed by atoms with Crippen molar-refractivity contribution in [3.05, 3.63) is 0 Å². The van der Waals surface area contributed by atoms with Crippen LogP contribution in [-0.2, 0) is 4.74 Å². The molecule has 0 unspecified atom stereocenters. The highest BCUT2D eigenvalue weighted by molar-refractivity contribution is 4.87. The Morgan fingerprint density at radius 3 is 2.20 bits per heavy atom. The molecular formula is C13H25NO. The van der Waals surface area contributed by atoms with Crippen LogP contribution >= 0.6 is 0 Å². The summed E-state index contributed by atoms with van der Waals surface area (Å²) in [5.41, 5.74) is 0. The molecule has 1 heterocycles. The summed E-state index contributed by atoms with van der Waals surface area (Å²) in [5.74, 6) is 2.01. The van der Waals surface area contributed by atoms with Gasteiger partial charge in [-0.15, -0.1) is 0 Å². The summed E-state index contributed by atoms with van der Waals surface area (Å²) in [6.07, 6.45) is 6.01. The van der Waals surface area contributed by atoms with Crippen molar-refractivity contribution in [1.82, 2.24) is 4.90 Å². The van der Waals surface area contributed by atoms with E-state index < -0.39 is 0 Å². The van der Waals surface area contributed by atoms with Gasteiger partial charge >= 0.3 is 0 Å². The van der Waals surface area contributed by atoms with Crippen LogP contribution in [0.15, 0.2) is 0 Å². The predicted octanol–water partition coefficient (Wildman–Crippen LogP) is 2.53. The monoisotopic (exact) mass is 211 g/mol. The van der Waals surface area contributed by atoms with Gasteiger partial charge in [0.1, 0.15) is 0 Å². The standard InChI is InChI=1S/C13H25NO/c1-3-14-9-12(10-14)11-5-7-13(8-6-11)15-4-2/h11-13H,3-10H2,1-2H3. The van der Waals surface area contributed by atoms with Crippen LogP contribution in [0.4, 0.5) is 0 Å². The minimum Gasteiger partial charge on any atom is -0.379 e. The highest BCUT2D eigenvalue weighted by Crippen LogP contribution is 2.35. The summed E-state index contributed by atoms with van der Waals surface area (Å²) in [6, 6.07) is 0. The van der Waals surface area contributed by atoms with Crippen LogP contribution in [0.3, 0.4) is 0 Å². The molecule has 0 N–H and O–H groups in total. The Morgan fingerprint density at radius 1 is 1.00 bits per heavy atom. The minimum atomic E-state index is 0.577. The number of hydrogen-bond acceptors (Lipinski definition) is 2. The van der Waals surface area contributed by atoms with E-state index in [-0.39, 0.29) is 0 Å². The second kappa shape index (κ2) is 5.31. The highest BCUT2D eigenvalue weighted by atomic mass is 16.5. The maximum absolute atomic E-state index is 5.69. The van der Waals surface area contributed by atoms with Crippen LogP contribution in [-0.4, -0.2) is 37.2 Å². The van der Waals surface area contributed by atoms with Gasteiger partial charge in [-0.2, -0.15) is 0 Å². The van der Waals surface area contributed by atoms with E-state index in [2.05, 4.69) is 18.7 Å². The zero-order valence-corrected chi connectivity index (χ0v) is 10.2. The lowest BCUT2D eigenvalue weighted by atomic mass is 9.75. The van der Waals surface area contributed by atoms with E-state index in [1.54, 1.807) is 0 Å². The first kappa shape index (κ1) is 11.4. The molecule has 1 aliphatic carbocycles. The third-order valence-corrected chi connectivity index (χ3v) is 4.22. The lowest BCUT2D eigenvalue weighted by Crippen LogP contribution is -2.50. The molecule has 0 amide bonds. The normalized spacial score (nSPS) is 34.0. The molecule has 2 heteroatoms. The van der Waals surface area contributed by atoms with Crippen molar-refractivity contribution in [2.45, 2.75) is 45.6 Å². The van der Waals surface area contributed by atoms with Gasteiger partial charge in [0.25, 0.3) is 0 Å². The molecule has 88 valence electrons. The number of likely N-dealkylation sites (tertiary alicyclic amines) is 1. The molecule has 2 fully saturated rings. The first-order valence-electron chi connectivity index (χ1n) is 6.67. The Kier molecular flexibility index (Phi) is 4.04. The van der Waals surface area contributed by atoms with Gasteiger partial charge in [0.15, 0.2) is 0 Å². The average Bonchev–Trinajstić information content (AvgIpc) is 2.19. The van der Waals surface area contributed by atoms with Gasteiger partial charge in [0.2, 0.25) is 0 Å². The molecule has 0 aromatic heterocycles. The summed E-state index contributed by atoms with van der Waals surface area (Å²) in [4.78, 5) is 2.55. The average molecular weight is 211 g/mol. The minimum absolute atomic E-state index is 0.577. The second-order valence-electron chi connectivity index (χ2n) is 5.10. The van der Waals surface area contributed by atoms with E-state index in [1.165, 1.54) is 45.3 Å². The van der Waals surface area contributed by atoms with Crippen LogP contribution in [0.2, 0.25) is 0 Å². The van der Waals surface area contributed by atoms with Crippen molar-refractivity contribution in [2.24, 2.45) is 11.8 Å². The summed E-state index contributed by atoms with van der Waals surface area (Å²) in [7, 11) is 0. The first-order valence-corrected chi connectivity index (χ1v) is 6.67. The number of rotatable bonds is 4. The van der Waals surface area contributed by atoms with Crippen LogP contribution < -0.4 is 0 Å². The van der Waals surface area contributed by atoms with Crippen LogP contribution in [0.5, 0.6) is 0 Å². The largest absolute Gasteiger partial charge is 0.379 e. The molecule has 0 aromatic rings. The van der Waals surface area contributed by atoms with Gasteiger partial charge in [0.05, 0.1) is 6.10 Å². The van der Waals surface area contributed by atoms with Crippen molar-refractivity contribution < 1.29 is 4.74 Å². The smallest absolute Gasteiger partial charge is 0.0575 e. The maximum Gasteiger partial charge on any atom is 0.0575 e. The zero-order chi connectivity index (χ0) is 10.7. The number of hydrogen-bond donors (Lipinski definition) is 0. The van der Waals surface area contributed by atoms with Gasteiger partial charge in [-0.1, -0.05) is 6.92 Å². The Morgan fingerprint density at radius 2 is 1.67 bits per heavy atom. The van der Waals surface area contributed by atoms with E-state index in [0.29, 0.717) is 6.10 Å². The molecule has 0 bridgehead atoms. The van der Waals surface area contributed by atoms with E-state index >= 15 is 0 Å². The van der Waals surface area contributed by atoms with E-state index in [9.17, 15) is 0 Å². The summed E-state index contributed by atoms with van der Waals surface area (Å²) < 4.78 is 5.69. The third-order valence-electron chi connectivity index (χ3n) is 4.22. The summed E-state index contributed by atoms with van der Waals surface area (Å²) >= 11 is 0. The van der Waals surface area contributed by atoms with Crippen molar-refractivity contribution in [2.75, 3.05) is 26.2 Å². The topological polar surface area (TPSA) is 12.5 Å². The second-order valence-corrected chi connectivity index (χ2v) is 5.10. The quantitative estimate of drug-likeness (QED) is 0.708. The van der Waals surface area contributed by atoms with Gasteiger partial charge in [-0.25, -0.2) is 0 Å². The van der Waals surface area contributed by atoms with Gasteiger partial charge < -0.3 is 9.64 Å². The molecule has 0 atom stereocenters. The van der Waals surface area contributed by atoms with Crippen LogP contribution in [0.25, 0.3) is 0 Å². The van der Waals surface area contributed by atoms with Crippen molar-refractivity contribution in [3.8, 4) is 0 Å². The van der Waals surface area contributed by atoms with E-state index in [1.807, 2.05) is 0 Å². The fraction of sp³-hybridized carbons (Fsp3) is 1.00. The molecule has 1 saturated carbocycles. The Labute approximate surface area is 94.0 Å². The molecule has 1 aliphatic heterocycles. The lowest BCUT2D eigenvalue weighted by Gasteiger charge is -2.45. The third kappa shape index (κ3) is 2.73. The van der Waals surface area contributed by atoms with E-state index in [4.69, 9.17) is 4.74 Å². The van der Waals surface area contributed by atoms with Crippen molar-refractivity contribution in [3.63, 3.8) is 0 Å². The number of ether oxygens (including phenoxy) is 1. The number of nitrogens with zero attached hydrogens (tertiary/aromatic N) is 1. The lowest BCUT2D eigenvalue weighted by molar-refractivity contribution is -0.00802. The first-order chi connectivity index (χ1) is 7.33. The van der Waals surface area contributed by atoms with Gasteiger partial charge in [-0.3, -0.25) is 0 Å². The molecule has 0 aromatic carbocycles. The molecular weight excluding hydrogens is 186 g/mol. The highest BCUT2D eigenvalue weighted by Gasteiger charge is 2.34. The Bertz CT molecular complexity index is 181. The van der Waals surface area contributed by atoms with Crippen LogP contribution in [0, 0.1) is 11.8 Å². The van der Waals surface area contributed by atoms with Crippen molar-refractivity contribution >= 4 is 0 Å². The molecule has 0 radical (unpaired) electrons. The fourth-order valence-electron chi connectivity index (χ4n) is 3.13. The van der Waals surface area contributed by atoms with Gasteiger partial charge in [-0.05, 0) is 51.0 Å². The van der Waals surface area contributed by atoms with Crippen molar-refractivity contribution in [1.29, 1.82) is 0 Å². The van der Waals surface area contributed by atoms with Gasteiger partial charge in [0, 0.05) is 19.7 Å². The molecule has 1 saturated heterocycles. The molecule has 2 aliphatic rings. The fourth-order valence-corrected chi connectivity index (χ4v) is 3.13. The maximum atomic E-state index is 5.69. The molecule has 0 spiro atoms. The van der Waals surface area contributed by atoms with E-state index in [0.717, 1.165) is 18.4 Å².